The summed E-state index contributed by atoms with van der Waals surface area (Å²) < 4.78 is 0. The van der Waals surface area contributed by atoms with Gasteiger partial charge in [0.05, 0.1) is 11.2 Å². The van der Waals surface area contributed by atoms with Gasteiger partial charge in [-0.3, -0.25) is 4.98 Å². The molecule has 1 aromatic heterocycles. The molecule has 0 unspecified atom stereocenters. The molecule has 1 heterocycles. The quantitative estimate of drug-likeness (QED) is 0.805. The van der Waals surface area contributed by atoms with Crippen molar-refractivity contribution in [3.8, 4) is 0 Å². The first kappa shape index (κ1) is 8.86. The van der Waals surface area contributed by atoms with Gasteiger partial charge in [-0.25, -0.2) is 0 Å². The average molecular weight is 198 g/mol. The number of benzene rings is 1. The molecule has 2 heteroatoms. The van der Waals surface area contributed by atoms with E-state index in [2.05, 4.69) is 23.2 Å². The van der Waals surface area contributed by atoms with Crippen molar-refractivity contribution >= 4 is 10.9 Å². The summed E-state index contributed by atoms with van der Waals surface area (Å²) >= 11 is 0. The molecule has 2 nitrogen and oxygen atoms in total. The van der Waals surface area contributed by atoms with E-state index in [1.54, 1.807) is 0 Å². The van der Waals surface area contributed by atoms with E-state index in [1.807, 2.05) is 18.2 Å². The Morgan fingerprint density at radius 3 is 2.73 bits per heavy atom. The van der Waals surface area contributed by atoms with Crippen LogP contribution in [0.3, 0.4) is 0 Å². The topological polar surface area (TPSA) is 38.9 Å². The van der Waals surface area contributed by atoms with Crippen molar-refractivity contribution in [2.24, 2.45) is 11.7 Å². The Kier molecular flexibility index (Phi) is 1.96. The van der Waals surface area contributed by atoms with Crippen LogP contribution in [0.25, 0.3) is 10.9 Å². The van der Waals surface area contributed by atoms with E-state index in [9.17, 15) is 0 Å². The Balaban J connectivity index is 2.05. The molecule has 1 fully saturated rings. The first-order valence-corrected chi connectivity index (χ1v) is 5.46. The molecule has 0 radical (unpaired) electrons. The first-order chi connectivity index (χ1) is 7.34. The molecular formula is C13H14N2. The van der Waals surface area contributed by atoms with Gasteiger partial charge >= 0.3 is 0 Å². The van der Waals surface area contributed by atoms with E-state index in [0.29, 0.717) is 5.92 Å². The number of rotatable bonds is 2. The van der Waals surface area contributed by atoms with E-state index in [4.69, 9.17) is 5.73 Å². The number of para-hydroxylation sites is 1. The third kappa shape index (κ3) is 1.61. The largest absolute Gasteiger partial charge is 0.322 e. The maximum atomic E-state index is 6.13. The number of nitrogens with zero attached hydrogens (tertiary/aromatic N) is 1. The predicted molar refractivity (Wildman–Crippen MR) is 61.4 cm³/mol. The van der Waals surface area contributed by atoms with Gasteiger partial charge in [-0.15, -0.1) is 0 Å². The zero-order valence-electron chi connectivity index (χ0n) is 8.56. The zero-order valence-corrected chi connectivity index (χ0v) is 8.56. The number of pyridine rings is 1. The van der Waals surface area contributed by atoms with Gasteiger partial charge in [-0.1, -0.05) is 24.3 Å². The van der Waals surface area contributed by atoms with Crippen molar-refractivity contribution in [1.29, 1.82) is 0 Å². The lowest BCUT2D eigenvalue weighted by molar-refractivity contribution is 0.617. The molecule has 1 aromatic carbocycles. The summed E-state index contributed by atoms with van der Waals surface area (Å²) in [6.07, 6.45) is 2.52. The van der Waals surface area contributed by atoms with Gasteiger partial charge in [0.25, 0.3) is 0 Å². The van der Waals surface area contributed by atoms with Crippen LogP contribution in [0.5, 0.6) is 0 Å². The van der Waals surface area contributed by atoms with Gasteiger partial charge in [0.1, 0.15) is 0 Å². The van der Waals surface area contributed by atoms with Crippen LogP contribution in [-0.2, 0) is 0 Å². The second kappa shape index (κ2) is 3.31. The summed E-state index contributed by atoms with van der Waals surface area (Å²) in [5.74, 6) is 0.665. The van der Waals surface area contributed by atoms with Crippen molar-refractivity contribution < 1.29 is 0 Å². The van der Waals surface area contributed by atoms with Gasteiger partial charge in [-0.2, -0.15) is 0 Å². The molecule has 0 spiro atoms. The first-order valence-electron chi connectivity index (χ1n) is 5.46. The fourth-order valence-electron chi connectivity index (χ4n) is 1.96. The zero-order chi connectivity index (χ0) is 10.3. The van der Waals surface area contributed by atoms with E-state index in [1.165, 1.54) is 18.2 Å². The summed E-state index contributed by atoms with van der Waals surface area (Å²) in [7, 11) is 0. The fraction of sp³-hybridized carbons (Fsp3) is 0.308. The second-order valence-corrected chi connectivity index (χ2v) is 4.29. The van der Waals surface area contributed by atoms with Crippen LogP contribution in [0.4, 0.5) is 0 Å². The highest BCUT2D eigenvalue weighted by Gasteiger charge is 2.30. The smallest absolute Gasteiger partial charge is 0.0706 e. The van der Waals surface area contributed by atoms with Gasteiger partial charge in [0, 0.05) is 11.4 Å². The maximum absolute atomic E-state index is 6.13. The number of aromatic nitrogens is 1. The summed E-state index contributed by atoms with van der Waals surface area (Å²) in [5.41, 5.74) is 8.21. The van der Waals surface area contributed by atoms with Crippen molar-refractivity contribution in [3.05, 3.63) is 42.1 Å². The molecule has 1 atom stereocenters. The van der Waals surface area contributed by atoms with Crippen LogP contribution < -0.4 is 5.73 Å². The summed E-state index contributed by atoms with van der Waals surface area (Å²) in [6, 6.07) is 12.5. The minimum Gasteiger partial charge on any atom is -0.322 e. The normalized spacial score (nSPS) is 17.9. The van der Waals surface area contributed by atoms with E-state index >= 15 is 0 Å². The number of fused-ring (bicyclic) bond motifs is 1. The van der Waals surface area contributed by atoms with Crippen LogP contribution in [0.15, 0.2) is 36.4 Å². The Morgan fingerprint density at radius 2 is 1.93 bits per heavy atom. The highest BCUT2D eigenvalue weighted by atomic mass is 14.8. The summed E-state index contributed by atoms with van der Waals surface area (Å²) in [5, 5.41) is 1.18. The molecule has 0 aliphatic heterocycles. The molecule has 2 N–H and O–H groups in total. The van der Waals surface area contributed by atoms with Crippen LogP contribution in [0.1, 0.15) is 24.6 Å². The Hall–Kier alpha value is -1.41. The molecule has 3 rings (SSSR count). The van der Waals surface area contributed by atoms with Gasteiger partial charge in [0.15, 0.2) is 0 Å². The third-order valence-corrected chi connectivity index (χ3v) is 3.09. The Labute approximate surface area is 89.1 Å². The van der Waals surface area contributed by atoms with Crippen LogP contribution in [0.2, 0.25) is 0 Å². The van der Waals surface area contributed by atoms with Crippen LogP contribution in [-0.4, -0.2) is 4.98 Å². The standard InChI is InChI=1S/C13H14N2/c14-13(10-5-6-10)12-8-7-9-3-1-2-4-11(9)15-12/h1-4,7-8,10,13H,5-6,14H2/t13-/m1/s1. The molecule has 1 saturated carbocycles. The average Bonchev–Trinajstić information content (AvgIpc) is 3.11. The number of hydrogen-bond acceptors (Lipinski definition) is 2. The van der Waals surface area contributed by atoms with E-state index < -0.39 is 0 Å². The fourth-order valence-corrected chi connectivity index (χ4v) is 1.96. The minimum atomic E-state index is 0.134. The highest BCUT2D eigenvalue weighted by Crippen LogP contribution is 2.38. The third-order valence-electron chi connectivity index (χ3n) is 3.09. The van der Waals surface area contributed by atoms with Gasteiger partial charge < -0.3 is 5.73 Å². The molecule has 1 aliphatic carbocycles. The number of hydrogen-bond donors (Lipinski definition) is 1. The van der Waals surface area contributed by atoms with Crippen molar-refractivity contribution in [3.63, 3.8) is 0 Å². The molecular weight excluding hydrogens is 184 g/mol. The van der Waals surface area contributed by atoms with Gasteiger partial charge in [0.2, 0.25) is 0 Å². The minimum absolute atomic E-state index is 0.134. The second-order valence-electron chi connectivity index (χ2n) is 4.29. The SMILES string of the molecule is N[C@@H](c1ccc2ccccc2n1)C1CC1. The van der Waals surface area contributed by atoms with Crippen LogP contribution >= 0.6 is 0 Å². The molecule has 0 amide bonds. The Morgan fingerprint density at radius 1 is 1.13 bits per heavy atom. The highest BCUT2D eigenvalue weighted by molar-refractivity contribution is 5.78. The molecule has 0 saturated heterocycles. The lowest BCUT2D eigenvalue weighted by atomic mass is 10.1. The van der Waals surface area contributed by atoms with E-state index in [-0.39, 0.29) is 6.04 Å². The summed E-state index contributed by atoms with van der Waals surface area (Å²) in [6.45, 7) is 0. The lowest BCUT2D eigenvalue weighted by Crippen LogP contribution is -2.13. The number of nitrogens with two attached hydrogens (primary N) is 1. The van der Waals surface area contributed by atoms with E-state index in [0.717, 1.165) is 11.2 Å². The maximum Gasteiger partial charge on any atom is 0.0706 e. The molecule has 2 aromatic rings. The summed E-state index contributed by atoms with van der Waals surface area (Å²) in [4.78, 5) is 4.61. The molecule has 76 valence electrons. The lowest BCUT2D eigenvalue weighted by Gasteiger charge is -2.10. The van der Waals surface area contributed by atoms with Crippen molar-refractivity contribution in [1.82, 2.24) is 4.98 Å². The van der Waals surface area contributed by atoms with Gasteiger partial charge in [-0.05, 0) is 30.9 Å². The van der Waals surface area contributed by atoms with Crippen molar-refractivity contribution in [2.45, 2.75) is 18.9 Å². The molecule has 1 aliphatic rings. The van der Waals surface area contributed by atoms with Crippen LogP contribution in [0, 0.1) is 5.92 Å². The monoisotopic (exact) mass is 198 g/mol. The molecule has 15 heavy (non-hydrogen) atoms. The Bertz CT molecular complexity index is 489. The van der Waals surface area contributed by atoms with Crippen molar-refractivity contribution in [2.75, 3.05) is 0 Å². The molecule has 0 bridgehead atoms. The predicted octanol–water partition coefficient (Wildman–Crippen LogP) is 2.64.